The van der Waals surface area contributed by atoms with Gasteiger partial charge < -0.3 is 15.2 Å². The van der Waals surface area contributed by atoms with Gasteiger partial charge in [0, 0.05) is 29.8 Å². The molecule has 246 valence electrons. The van der Waals surface area contributed by atoms with E-state index in [0.29, 0.717) is 11.1 Å². The van der Waals surface area contributed by atoms with E-state index in [1.54, 1.807) is 66.7 Å². The van der Waals surface area contributed by atoms with E-state index >= 15 is 0 Å². The molecule has 0 bridgehead atoms. The molecule has 3 amide bonds. The highest BCUT2D eigenvalue weighted by Gasteiger charge is 2.42. The lowest BCUT2D eigenvalue weighted by Crippen LogP contribution is -2.38. The van der Waals surface area contributed by atoms with Crippen molar-refractivity contribution < 1.29 is 42.2 Å². The molecule has 1 aliphatic heterocycles. The first-order chi connectivity index (χ1) is 22.9. The van der Waals surface area contributed by atoms with Crippen LogP contribution in [0.4, 0.5) is 23.7 Å². The standard InChI is InChI=1S/C35H29F3N4O6/c1-21(25-14-5-6-15-27(25)41-32(44)28-16-7-8-17-39-28)40-31(33(45)46)26(23-12-9-13-24(18-23)35(36,37)38)19-30(43)42-29(20-48-34(42)47)22-10-3-2-4-11-22/h2-18,26,29,31H,19-20H2,1H3,(H,41,44)(H,45,46)/t26-,29-,31+/m1/s1. The highest BCUT2D eigenvalue weighted by Crippen LogP contribution is 2.36. The van der Waals surface area contributed by atoms with E-state index in [9.17, 15) is 37.5 Å². The Balaban J connectivity index is 1.54. The summed E-state index contributed by atoms with van der Waals surface area (Å²) in [5.74, 6) is -4.37. The zero-order valence-electron chi connectivity index (χ0n) is 25.4. The number of carbonyl (C=O) groups excluding carboxylic acids is 3. The van der Waals surface area contributed by atoms with Crippen molar-refractivity contribution in [3.05, 3.63) is 131 Å². The van der Waals surface area contributed by atoms with Crippen molar-refractivity contribution >= 4 is 35.3 Å². The van der Waals surface area contributed by atoms with E-state index in [0.717, 1.165) is 23.1 Å². The fraction of sp³-hybridized carbons (Fsp3) is 0.200. The van der Waals surface area contributed by atoms with Gasteiger partial charge in [0.15, 0.2) is 6.04 Å². The monoisotopic (exact) mass is 658 g/mol. The number of carboxylic acids is 1. The Morgan fingerprint density at radius 1 is 1.00 bits per heavy atom. The van der Waals surface area contributed by atoms with Crippen LogP contribution in [0.5, 0.6) is 0 Å². The minimum Gasteiger partial charge on any atom is -0.480 e. The molecule has 1 aliphatic rings. The van der Waals surface area contributed by atoms with Crippen molar-refractivity contribution in [2.45, 2.75) is 37.5 Å². The number of halogens is 3. The molecule has 4 aromatic rings. The number of pyridine rings is 1. The number of cyclic esters (lactones) is 1. The lowest BCUT2D eigenvalue weighted by Gasteiger charge is -2.26. The summed E-state index contributed by atoms with van der Waals surface area (Å²) in [6.07, 6.45) is -4.96. The largest absolute Gasteiger partial charge is 0.480 e. The van der Waals surface area contributed by atoms with Gasteiger partial charge in [-0.1, -0.05) is 72.8 Å². The summed E-state index contributed by atoms with van der Waals surface area (Å²) >= 11 is 0. The SMILES string of the molecule is CC(=N[C@H](C(=O)O)[C@H](CC(=O)N1C(=O)OC[C@@H]1c1ccccc1)c1cccc(C(F)(F)F)c1)c1ccccc1NC(=O)c1ccccn1. The topological polar surface area (TPSA) is 138 Å². The number of nitrogens with one attached hydrogen (secondary N) is 1. The number of alkyl halides is 3. The van der Waals surface area contributed by atoms with Gasteiger partial charge in [0.05, 0.1) is 11.3 Å². The van der Waals surface area contributed by atoms with E-state index < -0.39 is 60.0 Å². The summed E-state index contributed by atoms with van der Waals surface area (Å²) in [6, 6.07) is 21.2. The summed E-state index contributed by atoms with van der Waals surface area (Å²) in [5.41, 5.74) is 0.259. The number of aliphatic imine (C=N–C) groups is 1. The summed E-state index contributed by atoms with van der Waals surface area (Å²) in [5, 5.41) is 13.2. The van der Waals surface area contributed by atoms with Gasteiger partial charge in [0.2, 0.25) is 5.91 Å². The van der Waals surface area contributed by atoms with Crippen LogP contribution in [0.15, 0.2) is 108 Å². The van der Waals surface area contributed by atoms with Gasteiger partial charge in [-0.3, -0.25) is 19.6 Å². The van der Waals surface area contributed by atoms with Gasteiger partial charge in [-0.25, -0.2) is 14.5 Å². The minimum absolute atomic E-state index is 0.117. The molecule has 13 heteroatoms. The molecule has 2 heterocycles. The fourth-order valence-electron chi connectivity index (χ4n) is 5.45. The second-order valence-corrected chi connectivity index (χ2v) is 10.9. The molecule has 3 aromatic carbocycles. The van der Waals surface area contributed by atoms with Crippen LogP contribution in [0.3, 0.4) is 0 Å². The van der Waals surface area contributed by atoms with E-state index in [1.807, 2.05) is 0 Å². The van der Waals surface area contributed by atoms with E-state index in [1.165, 1.54) is 25.3 Å². The normalized spacial score (nSPS) is 16.2. The number of carboxylic acid groups (broad SMARTS) is 1. The molecule has 5 rings (SSSR count). The van der Waals surface area contributed by atoms with Gasteiger partial charge in [-0.2, -0.15) is 13.2 Å². The number of ether oxygens (including phenoxy) is 1. The number of anilines is 1. The van der Waals surface area contributed by atoms with Gasteiger partial charge in [-0.15, -0.1) is 0 Å². The first-order valence-corrected chi connectivity index (χ1v) is 14.7. The quantitative estimate of drug-likeness (QED) is 0.185. The van der Waals surface area contributed by atoms with Gasteiger partial charge >= 0.3 is 18.2 Å². The van der Waals surface area contributed by atoms with Crippen molar-refractivity contribution in [2.75, 3.05) is 11.9 Å². The van der Waals surface area contributed by atoms with Crippen LogP contribution in [0, 0.1) is 0 Å². The average Bonchev–Trinajstić information content (AvgIpc) is 3.48. The molecule has 0 radical (unpaired) electrons. The maximum atomic E-state index is 13.8. The molecule has 2 N–H and O–H groups in total. The Morgan fingerprint density at radius 3 is 2.40 bits per heavy atom. The van der Waals surface area contributed by atoms with Crippen molar-refractivity contribution in [3.8, 4) is 0 Å². The second-order valence-electron chi connectivity index (χ2n) is 10.9. The lowest BCUT2D eigenvalue weighted by atomic mass is 9.86. The molecule has 10 nitrogen and oxygen atoms in total. The van der Waals surface area contributed by atoms with Crippen LogP contribution in [0.25, 0.3) is 0 Å². The summed E-state index contributed by atoms with van der Waals surface area (Å²) < 4.78 is 46.5. The van der Waals surface area contributed by atoms with Crippen LogP contribution in [0.2, 0.25) is 0 Å². The Labute approximate surface area is 272 Å². The molecular weight excluding hydrogens is 629 g/mol. The maximum absolute atomic E-state index is 13.8. The van der Waals surface area contributed by atoms with Crippen molar-refractivity contribution in [1.29, 1.82) is 0 Å². The molecule has 1 saturated heterocycles. The number of benzene rings is 3. The third-order valence-corrected chi connectivity index (χ3v) is 7.79. The molecule has 0 aliphatic carbocycles. The summed E-state index contributed by atoms with van der Waals surface area (Å²) in [6.45, 7) is 1.33. The van der Waals surface area contributed by atoms with Crippen LogP contribution < -0.4 is 5.32 Å². The van der Waals surface area contributed by atoms with Crippen molar-refractivity contribution in [3.63, 3.8) is 0 Å². The highest BCUT2D eigenvalue weighted by atomic mass is 19.4. The predicted octanol–water partition coefficient (Wildman–Crippen LogP) is 6.51. The van der Waals surface area contributed by atoms with E-state index in [4.69, 9.17) is 4.74 Å². The average molecular weight is 659 g/mol. The van der Waals surface area contributed by atoms with Gasteiger partial charge in [0.25, 0.3) is 5.91 Å². The predicted molar refractivity (Wildman–Crippen MR) is 168 cm³/mol. The van der Waals surface area contributed by atoms with E-state index in [2.05, 4.69) is 15.3 Å². The van der Waals surface area contributed by atoms with Crippen LogP contribution in [-0.2, 0) is 20.5 Å². The second kappa shape index (κ2) is 14.3. The molecule has 1 fully saturated rings. The molecule has 48 heavy (non-hydrogen) atoms. The van der Waals surface area contributed by atoms with Crippen LogP contribution in [0.1, 0.15) is 58.0 Å². The zero-order chi connectivity index (χ0) is 34.4. The lowest BCUT2D eigenvalue weighted by molar-refractivity contribution is -0.139. The van der Waals surface area contributed by atoms with Crippen LogP contribution in [-0.4, -0.2) is 57.2 Å². The Bertz CT molecular complexity index is 1850. The number of carbonyl (C=O) groups is 4. The number of hydrogen-bond donors (Lipinski definition) is 2. The maximum Gasteiger partial charge on any atom is 0.417 e. The number of aromatic nitrogens is 1. The number of nitrogens with zero attached hydrogens (tertiary/aromatic N) is 3. The fourth-order valence-corrected chi connectivity index (χ4v) is 5.45. The molecule has 0 unspecified atom stereocenters. The first-order valence-electron chi connectivity index (χ1n) is 14.7. The number of para-hydroxylation sites is 1. The Hall–Kier alpha value is -5.85. The first kappa shape index (κ1) is 33.5. The molecule has 0 spiro atoms. The number of rotatable bonds is 10. The Kier molecular flexibility index (Phi) is 9.97. The number of imide groups is 1. The summed E-state index contributed by atoms with van der Waals surface area (Å²) in [7, 11) is 0. The number of aliphatic carboxylic acids is 1. The molecule has 1 aromatic heterocycles. The highest BCUT2D eigenvalue weighted by molar-refractivity contribution is 6.10. The smallest absolute Gasteiger partial charge is 0.417 e. The third-order valence-electron chi connectivity index (χ3n) is 7.79. The molecular formula is C35H29F3N4O6. The minimum atomic E-state index is -4.76. The van der Waals surface area contributed by atoms with Crippen molar-refractivity contribution in [1.82, 2.24) is 9.88 Å². The van der Waals surface area contributed by atoms with E-state index in [-0.39, 0.29) is 29.3 Å². The van der Waals surface area contributed by atoms with Gasteiger partial charge in [0.1, 0.15) is 18.3 Å². The summed E-state index contributed by atoms with van der Waals surface area (Å²) in [4.78, 5) is 61.5. The third kappa shape index (κ3) is 7.57. The molecule has 0 saturated carbocycles. The van der Waals surface area contributed by atoms with Gasteiger partial charge in [-0.05, 0) is 42.3 Å². The molecule has 3 atom stereocenters. The van der Waals surface area contributed by atoms with Crippen LogP contribution >= 0.6 is 0 Å². The Morgan fingerprint density at radius 2 is 1.71 bits per heavy atom. The number of amides is 3. The van der Waals surface area contributed by atoms with Crippen molar-refractivity contribution in [2.24, 2.45) is 4.99 Å². The number of hydrogen-bond acceptors (Lipinski definition) is 7. The zero-order valence-corrected chi connectivity index (χ0v) is 25.4.